The van der Waals surface area contributed by atoms with Crippen LogP contribution in [0.4, 0.5) is 4.39 Å². The molecule has 2 aromatic rings. The van der Waals surface area contributed by atoms with Crippen molar-refractivity contribution < 1.29 is 9.13 Å². The molecular formula is C24H32FIN4O. The Morgan fingerprint density at radius 2 is 1.77 bits per heavy atom. The van der Waals surface area contributed by atoms with E-state index in [4.69, 9.17) is 4.74 Å². The van der Waals surface area contributed by atoms with Crippen LogP contribution < -0.4 is 10.6 Å². The van der Waals surface area contributed by atoms with Crippen molar-refractivity contribution in [3.8, 4) is 0 Å². The van der Waals surface area contributed by atoms with Gasteiger partial charge in [-0.15, -0.1) is 24.0 Å². The number of hydrogen-bond donors (Lipinski definition) is 2. The highest BCUT2D eigenvalue weighted by atomic mass is 127. The standard InChI is InChI=1S/C24H31FN4O.HI/c1-26-23(28-18-24(9-10-24)21-3-2-4-22(25)15-21)27-16-19-5-7-20(8-6-19)17-29-11-13-30-14-12-29;/h2-8,15H,9-14,16-18H2,1H3,(H2,26,27,28);1H. The van der Waals surface area contributed by atoms with E-state index >= 15 is 0 Å². The van der Waals surface area contributed by atoms with Crippen molar-refractivity contribution in [1.82, 2.24) is 15.5 Å². The first-order valence-corrected chi connectivity index (χ1v) is 10.8. The van der Waals surface area contributed by atoms with Crippen LogP contribution in [0, 0.1) is 5.82 Å². The lowest BCUT2D eigenvalue weighted by Gasteiger charge is -2.26. The predicted molar refractivity (Wildman–Crippen MR) is 133 cm³/mol. The number of morpholine rings is 1. The number of guanidine groups is 1. The Hall–Kier alpha value is -1.71. The molecule has 1 saturated heterocycles. The van der Waals surface area contributed by atoms with Gasteiger partial charge in [0.05, 0.1) is 13.2 Å². The van der Waals surface area contributed by atoms with E-state index in [1.807, 2.05) is 6.07 Å². The molecule has 2 aromatic carbocycles. The number of aliphatic imine (C=N–C) groups is 1. The molecule has 0 aromatic heterocycles. The maximum Gasteiger partial charge on any atom is 0.191 e. The van der Waals surface area contributed by atoms with Gasteiger partial charge in [-0.3, -0.25) is 9.89 Å². The summed E-state index contributed by atoms with van der Waals surface area (Å²) in [5.74, 6) is 0.605. The van der Waals surface area contributed by atoms with E-state index in [-0.39, 0.29) is 35.2 Å². The molecule has 0 bridgehead atoms. The van der Waals surface area contributed by atoms with Crippen LogP contribution in [0.15, 0.2) is 53.5 Å². The number of ether oxygens (including phenoxy) is 1. The van der Waals surface area contributed by atoms with Gasteiger partial charge in [-0.1, -0.05) is 36.4 Å². The molecule has 7 heteroatoms. The molecule has 0 unspecified atom stereocenters. The minimum absolute atomic E-state index is 0. The van der Waals surface area contributed by atoms with Gasteiger partial charge < -0.3 is 15.4 Å². The average molecular weight is 538 g/mol. The summed E-state index contributed by atoms with van der Waals surface area (Å²) in [6.07, 6.45) is 2.15. The van der Waals surface area contributed by atoms with Crippen molar-refractivity contribution in [1.29, 1.82) is 0 Å². The molecular weight excluding hydrogens is 506 g/mol. The molecule has 4 rings (SSSR count). The first kappa shape index (κ1) is 23.9. The van der Waals surface area contributed by atoms with Gasteiger partial charge >= 0.3 is 0 Å². The van der Waals surface area contributed by atoms with E-state index in [9.17, 15) is 4.39 Å². The van der Waals surface area contributed by atoms with Gasteiger partial charge in [-0.2, -0.15) is 0 Å². The first-order chi connectivity index (χ1) is 14.7. The highest BCUT2D eigenvalue weighted by molar-refractivity contribution is 14.0. The maximum absolute atomic E-state index is 13.6. The Morgan fingerprint density at radius 1 is 1.06 bits per heavy atom. The Bertz CT molecular complexity index is 864. The summed E-state index contributed by atoms with van der Waals surface area (Å²) in [7, 11) is 1.78. The zero-order valence-electron chi connectivity index (χ0n) is 18.1. The lowest BCUT2D eigenvalue weighted by Crippen LogP contribution is -2.40. The molecule has 2 fully saturated rings. The second-order valence-corrected chi connectivity index (χ2v) is 8.28. The second-order valence-electron chi connectivity index (χ2n) is 8.28. The maximum atomic E-state index is 13.6. The summed E-state index contributed by atoms with van der Waals surface area (Å²) in [6.45, 7) is 6.11. The molecule has 0 atom stereocenters. The summed E-state index contributed by atoms with van der Waals surface area (Å²) in [5, 5.41) is 6.81. The molecule has 5 nitrogen and oxygen atoms in total. The molecule has 1 aliphatic heterocycles. The highest BCUT2D eigenvalue weighted by Gasteiger charge is 2.44. The lowest BCUT2D eigenvalue weighted by atomic mass is 9.96. The van der Waals surface area contributed by atoms with Crippen LogP contribution >= 0.6 is 24.0 Å². The van der Waals surface area contributed by atoms with Crippen LogP contribution in [0.3, 0.4) is 0 Å². The number of benzene rings is 2. The molecule has 168 valence electrons. The van der Waals surface area contributed by atoms with E-state index in [0.29, 0.717) is 6.54 Å². The predicted octanol–water partition coefficient (Wildman–Crippen LogP) is 3.67. The number of rotatable bonds is 7. The van der Waals surface area contributed by atoms with Crippen molar-refractivity contribution in [3.63, 3.8) is 0 Å². The third-order valence-electron chi connectivity index (χ3n) is 6.10. The van der Waals surface area contributed by atoms with E-state index in [1.54, 1.807) is 19.2 Å². The summed E-state index contributed by atoms with van der Waals surface area (Å²) in [5.41, 5.74) is 3.64. The van der Waals surface area contributed by atoms with Gasteiger partial charge in [0.25, 0.3) is 0 Å². The number of nitrogens with one attached hydrogen (secondary N) is 2. The van der Waals surface area contributed by atoms with Gasteiger partial charge in [0.2, 0.25) is 0 Å². The van der Waals surface area contributed by atoms with E-state index < -0.39 is 0 Å². The molecule has 0 spiro atoms. The third-order valence-corrected chi connectivity index (χ3v) is 6.10. The third kappa shape index (κ3) is 6.63. The van der Waals surface area contributed by atoms with Crippen LogP contribution in [0.5, 0.6) is 0 Å². The summed E-state index contributed by atoms with van der Waals surface area (Å²) < 4.78 is 19.0. The summed E-state index contributed by atoms with van der Waals surface area (Å²) in [6, 6.07) is 15.7. The zero-order chi connectivity index (χ0) is 20.8. The molecule has 1 saturated carbocycles. The van der Waals surface area contributed by atoms with Crippen LogP contribution in [0.1, 0.15) is 29.5 Å². The van der Waals surface area contributed by atoms with Crippen LogP contribution in [0.25, 0.3) is 0 Å². The Balaban J connectivity index is 0.00000272. The topological polar surface area (TPSA) is 48.9 Å². The van der Waals surface area contributed by atoms with Gasteiger partial charge in [-0.05, 0) is 41.7 Å². The highest BCUT2D eigenvalue weighted by Crippen LogP contribution is 2.47. The smallest absolute Gasteiger partial charge is 0.191 e. The van der Waals surface area contributed by atoms with Crippen molar-refractivity contribution >= 4 is 29.9 Å². The van der Waals surface area contributed by atoms with Crippen molar-refractivity contribution in [2.75, 3.05) is 39.9 Å². The summed E-state index contributed by atoms with van der Waals surface area (Å²) >= 11 is 0. The van der Waals surface area contributed by atoms with Crippen LogP contribution in [0.2, 0.25) is 0 Å². The molecule has 2 aliphatic rings. The fourth-order valence-corrected chi connectivity index (χ4v) is 3.98. The Morgan fingerprint density at radius 3 is 2.42 bits per heavy atom. The minimum atomic E-state index is -0.168. The quantitative estimate of drug-likeness (QED) is 0.321. The monoisotopic (exact) mass is 538 g/mol. The second kappa shape index (κ2) is 11.2. The van der Waals surface area contributed by atoms with Gasteiger partial charge in [0.15, 0.2) is 5.96 Å². The normalized spacial score (nSPS) is 18.2. The molecule has 31 heavy (non-hydrogen) atoms. The first-order valence-electron chi connectivity index (χ1n) is 10.8. The Labute approximate surface area is 201 Å². The zero-order valence-corrected chi connectivity index (χ0v) is 20.4. The molecule has 0 radical (unpaired) electrons. The lowest BCUT2D eigenvalue weighted by molar-refractivity contribution is 0.0342. The van der Waals surface area contributed by atoms with E-state index in [2.05, 4.69) is 44.8 Å². The van der Waals surface area contributed by atoms with Crippen molar-refractivity contribution in [2.45, 2.75) is 31.3 Å². The van der Waals surface area contributed by atoms with Gasteiger partial charge in [0.1, 0.15) is 5.82 Å². The number of nitrogens with zero attached hydrogens (tertiary/aromatic N) is 2. The average Bonchev–Trinajstić information content (AvgIpc) is 3.57. The fourth-order valence-electron chi connectivity index (χ4n) is 3.98. The molecule has 0 amide bonds. The van der Waals surface area contributed by atoms with E-state index in [1.165, 1.54) is 17.2 Å². The number of halogens is 2. The van der Waals surface area contributed by atoms with Gasteiger partial charge in [0, 0.05) is 45.2 Å². The fraction of sp³-hybridized carbons (Fsp3) is 0.458. The van der Waals surface area contributed by atoms with Crippen LogP contribution in [-0.4, -0.2) is 50.8 Å². The molecule has 1 heterocycles. The number of hydrogen-bond acceptors (Lipinski definition) is 3. The van der Waals surface area contributed by atoms with Crippen molar-refractivity contribution in [2.24, 2.45) is 4.99 Å². The minimum Gasteiger partial charge on any atom is -0.379 e. The summed E-state index contributed by atoms with van der Waals surface area (Å²) in [4.78, 5) is 6.77. The molecule has 2 N–H and O–H groups in total. The SMILES string of the molecule is CN=C(NCc1ccc(CN2CCOCC2)cc1)NCC1(c2cccc(F)c2)CC1.I. The molecule has 1 aliphatic carbocycles. The van der Waals surface area contributed by atoms with Crippen LogP contribution in [-0.2, 0) is 23.2 Å². The van der Waals surface area contributed by atoms with Crippen molar-refractivity contribution in [3.05, 3.63) is 71.0 Å². The van der Waals surface area contributed by atoms with Gasteiger partial charge in [-0.25, -0.2) is 4.39 Å². The Kier molecular flexibility index (Phi) is 8.68. The van der Waals surface area contributed by atoms with E-state index in [0.717, 1.165) is 63.8 Å². The largest absolute Gasteiger partial charge is 0.379 e.